The van der Waals surface area contributed by atoms with Gasteiger partial charge in [0.1, 0.15) is 12.1 Å². The Kier molecular flexibility index (Phi) is 9.74. The first-order valence-electron chi connectivity index (χ1n) is 16.1. The maximum absolute atomic E-state index is 13.7. The van der Waals surface area contributed by atoms with Crippen LogP contribution >= 0.6 is 0 Å². The lowest BCUT2D eigenvalue weighted by molar-refractivity contribution is -0.0111. The molecule has 0 radical (unpaired) electrons. The van der Waals surface area contributed by atoms with Gasteiger partial charge in [-0.05, 0) is 69.8 Å². The van der Waals surface area contributed by atoms with Crippen LogP contribution in [0.3, 0.4) is 0 Å². The van der Waals surface area contributed by atoms with E-state index in [2.05, 4.69) is 90.7 Å². The van der Waals surface area contributed by atoms with E-state index < -0.39 is 0 Å². The lowest BCUT2D eigenvalue weighted by Crippen LogP contribution is -2.62. The van der Waals surface area contributed by atoms with Gasteiger partial charge in [-0.3, -0.25) is 24.1 Å². The van der Waals surface area contributed by atoms with Crippen LogP contribution < -0.4 is 16.2 Å². The Hall–Kier alpha value is -2.30. The fraction of sp³-hybridized carbons (Fsp3) is 0.697. The van der Waals surface area contributed by atoms with Crippen LogP contribution in [0.15, 0.2) is 35.6 Å². The summed E-state index contributed by atoms with van der Waals surface area (Å²) in [7, 11) is 4.46. The Morgan fingerprint density at radius 2 is 1.98 bits per heavy atom. The second-order valence-corrected chi connectivity index (χ2v) is 14.0. The molecule has 42 heavy (non-hydrogen) atoms. The molecule has 2 aromatic rings. The second-order valence-electron chi connectivity index (χ2n) is 14.0. The summed E-state index contributed by atoms with van der Waals surface area (Å²) in [6.45, 7) is 21.6. The molecular formula is C33H54N8O. The molecular weight excluding hydrogens is 524 g/mol. The van der Waals surface area contributed by atoms with Crippen LogP contribution in [0.25, 0.3) is 10.9 Å². The van der Waals surface area contributed by atoms with Crippen molar-refractivity contribution in [1.29, 1.82) is 0 Å². The molecule has 9 nitrogen and oxygen atoms in total. The van der Waals surface area contributed by atoms with Crippen LogP contribution in [0.4, 0.5) is 5.69 Å². The normalized spacial score (nSPS) is 26.9. The Balaban J connectivity index is 1.44. The molecule has 0 bridgehead atoms. The zero-order valence-electron chi connectivity index (χ0n) is 26.9. The smallest absolute Gasteiger partial charge is 0.261 e. The number of nitrogens with zero attached hydrogens (tertiary/aromatic N) is 6. The predicted molar refractivity (Wildman–Crippen MR) is 174 cm³/mol. The number of allylic oxidation sites excluding steroid dienone is 1. The molecule has 1 aromatic heterocycles. The number of piperazine rings is 2. The third-order valence-electron chi connectivity index (χ3n) is 9.91. The van der Waals surface area contributed by atoms with E-state index >= 15 is 0 Å². The van der Waals surface area contributed by atoms with Crippen molar-refractivity contribution in [3.8, 4) is 0 Å². The monoisotopic (exact) mass is 578 g/mol. The minimum Gasteiger partial charge on any atom is -0.357 e. The van der Waals surface area contributed by atoms with E-state index in [4.69, 9.17) is 4.98 Å². The Bertz CT molecular complexity index is 1280. The van der Waals surface area contributed by atoms with Gasteiger partial charge < -0.3 is 15.5 Å². The van der Waals surface area contributed by atoms with Crippen molar-refractivity contribution < 1.29 is 0 Å². The van der Waals surface area contributed by atoms with Crippen LogP contribution in [0.2, 0.25) is 0 Å². The van der Waals surface area contributed by atoms with Gasteiger partial charge in [0, 0.05) is 70.1 Å². The molecule has 0 amide bonds. The summed E-state index contributed by atoms with van der Waals surface area (Å²) in [6.07, 6.45) is 5.57. The minimum atomic E-state index is 0.0128. The van der Waals surface area contributed by atoms with Crippen molar-refractivity contribution in [1.82, 2.24) is 34.5 Å². The number of fused-ring (bicyclic) bond motifs is 1. The largest absolute Gasteiger partial charge is 0.357 e. The third kappa shape index (κ3) is 7.08. The van der Waals surface area contributed by atoms with Crippen LogP contribution in [0.5, 0.6) is 0 Å². The average Bonchev–Trinajstić information content (AvgIpc) is 2.94. The summed E-state index contributed by atoms with van der Waals surface area (Å²) in [5, 5.41) is 8.18. The molecule has 4 atom stereocenters. The van der Waals surface area contributed by atoms with Gasteiger partial charge in [-0.1, -0.05) is 26.8 Å². The van der Waals surface area contributed by atoms with Crippen molar-refractivity contribution >= 4 is 16.6 Å². The predicted octanol–water partition coefficient (Wildman–Crippen LogP) is 3.47. The fourth-order valence-corrected chi connectivity index (χ4v) is 7.50. The highest BCUT2D eigenvalue weighted by atomic mass is 16.1. The summed E-state index contributed by atoms with van der Waals surface area (Å²) in [5.74, 6) is 1.44. The van der Waals surface area contributed by atoms with Crippen molar-refractivity contribution in [3.05, 3.63) is 47.0 Å². The summed E-state index contributed by atoms with van der Waals surface area (Å²) >= 11 is 0. The number of benzene rings is 1. The van der Waals surface area contributed by atoms with E-state index in [9.17, 15) is 4.79 Å². The van der Waals surface area contributed by atoms with Crippen molar-refractivity contribution in [2.24, 2.45) is 11.3 Å². The molecule has 2 N–H and O–H groups in total. The van der Waals surface area contributed by atoms with Gasteiger partial charge in [0.2, 0.25) is 0 Å². The van der Waals surface area contributed by atoms with Gasteiger partial charge in [0.15, 0.2) is 0 Å². The zero-order chi connectivity index (χ0) is 30.0. The van der Waals surface area contributed by atoms with Gasteiger partial charge in [0.05, 0.1) is 17.4 Å². The summed E-state index contributed by atoms with van der Waals surface area (Å²) in [4.78, 5) is 28.7. The first-order chi connectivity index (χ1) is 20.0. The number of likely N-dealkylation sites (N-methyl/N-ethyl adjacent to an activating group) is 1. The van der Waals surface area contributed by atoms with Gasteiger partial charge in [-0.15, -0.1) is 6.58 Å². The van der Waals surface area contributed by atoms with E-state index in [1.54, 1.807) is 10.6 Å². The fourth-order valence-electron chi connectivity index (χ4n) is 7.50. The molecule has 2 unspecified atom stereocenters. The van der Waals surface area contributed by atoms with Gasteiger partial charge in [-0.2, -0.15) is 0 Å². The molecule has 3 aliphatic rings. The quantitative estimate of drug-likeness (QED) is 0.346. The minimum absolute atomic E-state index is 0.0128. The van der Waals surface area contributed by atoms with E-state index in [1.807, 2.05) is 6.07 Å². The number of nitrogens with one attached hydrogen (secondary N) is 2. The lowest BCUT2D eigenvalue weighted by atomic mass is 9.70. The van der Waals surface area contributed by atoms with Crippen LogP contribution in [0, 0.1) is 11.3 Å². The second kappa shape index (κ2) is 13.1. The topological polar surface area (TPSA) is 71.9 Å². The zero-order valence-corrected chi connectivity index (χ0v) is 26.9. The molecule has 1 aromatic carbocycles. The van der Waals surface area contributed by atoms with Crippen molar-refractivity contribution in [3.63, 3.8) is 0 Å². The number of anilines is 1. The van der Waals surface area contributed by atoms with Crippen molar-refractivity contribution in [2.75, 3.05) is 65.2 Å². The highest BCUT2D eigenvalue weighted by Crippen LogP contribution is 2.40. The molecule has 2 aliphatic heterocycles. The first-order valence-corrected chi connectivity index (χ1v) is 16.1. The molecule has 3 fully saturated rings. The number of rotatable bonds is 9. The van der Waals surface area contributed by atoms with E-state index in [-0.39, 0.29) is 11.8 Å². The number of hydrogen-bond donors (Lipinski definition) is 2. The Morgan fingerprint density at radius 3 is 2.67 bits per heavy atom. The standard InChI is InChI=1S/C33H54N8O/c1-8-14-41-30(23-39-18-16-37(6)17-19-39)36-28-20-26(9-10-27(28)31(41)42)35-32(40-15-13-34-25(3)22-40)38(7)29-11-12-33(4,5)21-24(29)2/h8-10,20,24-25,29,32,34-35H,1,11-19,21-23H2,2-7H3/t24-,25-,29?,32?/m0/s1. The molecule has 5 rings (SSSR count). The molecule has 232 valence electrons. The van der Waals surface area contributed by atoms with Gasteiger partial charge >= 0.3 is 0 Å². The van der Waals surface area contributed by atoms with E-state index in [1.165, 1.54) is 19.3 Å². The average molecular weight is 579 g/mol. The SMILES string of the molecule is C=CCn1c(CN2CCN(C)CC2)nc2cc(NC(N3CCN[C@@H](C)C3)N(C)C3CCC(C)(C)C[C@@H]3C)ccc2c1=O. The maximum Gasteiger partial charge on any atom is 0.261 e. The molecule has 9 heteroatoms. The van der Waals surface area contributed by atoms with E-state index in [0.717, 1.165) is 62.8 Å². The van der Waals surface area contributed by atoms with Crippen molar-refractivity contribution in [2.45, 2.75) is 78.4 Å². The number of hydrogen-bond acceptors (Lipinski definition) is 8. The molecule has 1 aliphatic carbocycles. The third-order valence-corrected chi connectivity index (χ3v) is 9.91. The molecule has 3 heterocycles. The summed E-state index contributed by atoms with van der Waals surface area (Å²) in [6, 6.07) is 7.06. The summed E-state index contributed by atoms with van der Waals surface area (Å²) < 4.78 is 1.80. The Morgan fingerprint density at radius 1 is 1.21 bits per heavy atom. The van der Waals surface area contributed by atoms with Crippen LogP contribution in [-0.2, 0) is 13.1 Å². The number of aromatic nitrogens is 2. The molecule has 1 saturated carbocycles. The van der Waals surface area contributed by atoms with Crippen LogP contribution in [-0.4, -0.2) is 107 Å². The van der Waals surface area contributed by atoms with Gasteiger partial charge in [-0.25, -0.2) is 4.98 Å². The maximum atomic E-state index is 13.7. The van der Waals surface area contributed by atoms with E-state index in [0.29, 0.717) is 41.9 Å². The first kappa shape index (κ1) is 31.1. The lowest BCUT2D eigenvalue weighted by Gasteiger charge is -2.49. The Labute approximate surface area is 252 Å². The highest BCUT2D eigenvalue weighted by molar-refractivity contribution is 5.81. The van der Waals surface area contributed by atoms with Gasteiger partial charge in [0.25, 0.3) is 5.56 Å². The molecule has 0 spiro atoms. The summed E-state index contributed by atoms with van der Waals surface area (Å²) in [5.41, 5.74) is 2.19. The van der Waals surface area contributed by atoms with Crippen LogP contribution in [0.1, 0.15) is 52.8 Å². The molecule has 2 saturated heterocycles. The highest BCUT2D eigenvalue weighted by Gasteiger charge is 2.38.